The summed E-state index contributed by atoms with van der Waals surface area (Å²) in [5, 5.41) is 0. The Morgan fingerprint density at radius 1 is 1.35 bits per heavy atom. The first kappa shape index (κ1) is 17.8. The van der Waals surface area contributed by atoms with E-state index in [0.717, 1.165) is 5.56 Å². The van der Waals surface area contributed by atoms with Gasteiger partial charge in [-0.05, 0) is 12.5 Å². The Hall–Kier alpha value is -1.50. The number of halogens is 1. The molecule has 0 unspecified atom stereocenters. The van der Waals surface area contributed by atoms with E-state index >= 15 is 0 Å². The summed E-state index contributed by atoms with van der Waals surface area (Å²) in [6, 6.07) is 9.92. The predicted octanol–water partition coefficient (Wildman–Crippen LogP) is 2.36. The van der Waals surface area contributed by atoms with Crippen molar-refractivity contribution < 1.29 is 23.4 Å². The van der Waals surface area contributed by atoms with Gasteiger partial charge in [0.05, 0.1) is 26.7 Å². The fourth-order valence-corrected chi connectivity index (χ4v) is 2.63. The summed E-state index contributed by atoms with van der Waals surface area (Å²) in [5.41, 5.74) is 1.12. The molecule has 128 valence electrons. The van der Waals surface area contributed by atoms with Gasteiger partial charge in [-0.3, -0.25) is 14.1 Å². The van der Waals surface area contributed by atoms with E-state index in [9.17, 15) is 9.18 Å². The van der Waals surface area contributed by atoms with Crippen LogP contribution in [0.15, 0.2) is 30.3 Å². The molecule has 0 aliphatic carbocycles. The highest BCUT2D eigenvalue weighted by molar-refractivity contribution is 5.69. The van der Waals surface area contributed by atoms with Crippen LogP contribution in [-0.4, -0.2) is 50.3 Å². The van der Waals surface area contributed by atoms with Crippen LogP contribution in [0, 0.1) is 5.92 Å². The molecule has 0 N–H and O–H groups in total. The van der Waals surface area contributed by atoms with Gasteiger partial charge in [0, 0.05) is 19.0 Å². The number of ether oxygens (including phenoxy) is 3. The van der Waals surface area contributed by atoms with Crippen molar-refractivity contribution >= 4 is 5.97 Å². The molecular weight excluding hydrogens is 301 g/mol. The normalized spacial score (nSPS) is 21.7. The number of methoxy groups -OCH3 is 1. The van der Waals surface area contributed by atoms with E-state index in [-0.39, 0.29) is 19.0 Å². The summed E-state index contributed by atoms with van der Waals surface area (Å²) in [6.07, 6.45) is -0.418. The number of hydrogen-bond donors (Lipinski definition) is 0. The molecule has 1 aromatic carbocycles. The Morgan fingerprint density at radius 2 is 2.04 bits per heavy atom. The Labute approximate surface area is 136 Å². The molecule has 0 amide bonds. The molecule has 0 saturated carbocycles. The van der Waals surface area contributed by atoms with E-state index in [2.05, 4.69) is 9.64 Å². The molecule has 1 atom stereocenters. The fraction of sp³-hybridized carbons (Fsp3) is 0.588. The third kappa shape index (κ3) is 5.89. The fourth-order valence-electron chi connectivity index (χ4n) is 2.63. The molecular formula is C17H24FNO4. The summed E-state index contributed by atoms with van der Waals surface area (Å²) in [4.78, 5) is 13.5. The standard InChI is InChI=1S/C17H24FNO4/c1-13-22-17(23-13)12-19(10-14-6-4-3-5-7-14)11-15(9-18)8-16(20)21-2/h3-7,13,15,17H,8-12H2,1-2H3/t13?,15-,17?/m1/s1. The zero-order chi connectivity index (χ0) is 16.7. The Kier molecular flexibility index (Phi) is 6.95. The lowest BCUT2D eigenvalue weighted by atomic mass is 10.1. The molecule has 1 aliphatic heterocycles. The smallest absolute Gasteiger partial charge is 0.305 e. The third-order valence-corrected chi connectivity index (χ3v) is 3.76. The maximum Gasteiger partial charge on any atom is 0.305 e. The summed E-state index contributed by atoms with van der Waals surface area (Å²) in [7, 11) is 1.32. The van der Waals surface area contributed by atoms with Crippen LogP contribution in [0.1, 0.15) is 18.9 Å². The molecule has 1 fully saturated rings. The summed E-state index contributed by atoms with van der Waals surface area (Å²) >= 11 is 0. The molecule has 0 radical (unpaired) electrons. The van der Waals surface area contributed by atoms with E-state index < -0.39 is 18.6 Å². The van der Waals surface area contributed by atoms with E-state index in [4.69, 9.17) is 9.47 Å². The SMILES string of the molecule is COC(=O)C[C@H](CF)CN(Cc1ccccc1)CC1OC(C)O1. The number of esters is 1. The summed E-state index contributed by atoms with van der Waals surface area (Å²) < 4.78 is 28.8. The number of carbonyl (C=O) groups is 1. The second kappa shape index (κ2) is 8.96. The Bertz CT molecular complexity index is 479. The van der Waals surface area contributed by atoms with Gasteiger partial charge in [-0.2, -0.15) is 0 Å². The van der Waals surface area contributed by atoms with Crippen LogP contribution in [0.3, 0.4) is 0 Å². The largest absolute Gasteiger partial charge is 0.469 e. The highest BCUT2D eigenvalue weighted by Gasteiger charge is 2.30. The minimum atomic E-state index is -0.566. The number of benzene rings is 1. The van der Waals surface area contributed by atoms with Crippen LogP contribution in [0.4, 0.5) is 4.39 Å². The number of carbonyl (C=O) groups excluding carboxylic acids is 1. The number of hydrogen-bond acceptors (Lipinski definition) is 5. The number of alkyl halides is 1. The average Bonchev–Trinajstić information content (AvgIpc) is 2.53. The van der Waals surface area contributed by atoms with E-state index in [0.29, 0.717) is 19.6 Å². The monoisotopic (exact) mass is 325 g/mol. The van der Waals surface area contributed by atoms with Crippen molar-refractivity contribution in [1.82, 2.24) is 4.90 Å². The molecule has 1 aromatic rings. The van der Waals surface area contributed by atoms with Crippen molar-refractivity contribution in [3.63, 3.8) is 0 Å². The summed E-state index contributed by atoms with van der Waals surface area (Å²) in [5.74, 6) is -0.791. The predicted molar refractivity (Wildman–Crippen MR) is 83.2 cm³/mol. The third-order valence-electron chi connectivity index (χ3n) is 3.76. The zero-order valence-electron chi connectivity index (χ0n) is 13.6. The van der Waals surface area contributed by atoms with Crippen molar-refractivity contribution in [2.45, 2.75) is 32.5 Å². The topological polar surface area (TPSA) is 48.0 Å². The van der Waals surface area contributed by atoms with Gasteiger partial charge in [-0.1, -0.05) is 30.3 Å². The first-order valence-corrected chi connectivity index (χ1v) is 7.80. The molecule has 6 heteroatoms. The molecule has 1 heterocycles. The van der Waals surface area contributed by atoms with E-state index in [1.54, 1.807) is 0 Å². The summed E-state index contributed by atoms with van der Waals surface area (Å²) in [6.45, 7) is 2.90. The van der Waals surface area contributed by atoms with Crippen molar-refractivity contribution in [1.29, 1.82) is 0 Å². The quantitative estimate of drug-likeness (QED) is 0.652. The first-order valence-electron chi connectivity index (χ1n) is 7.80. The van der Waals surface area contributed by atoms with Crippen LogP contribution in [-0.2, 0) is 25.5 Å². The van der Waals surface area contributed by atoms with Crippen LogP contribution >= 0.6 is 0 Å². The van der Waals surface area contributed by atoms with E-state index in [1.807, 2.05) is 37.3 Å². The zero-order valence-corrected chi connectivity index (χ0v) is 13.6. The molecule has 5 nitrogen and oxygen atoms in total. The lowest BCUT2D eigenvalue weighted by Crippen LogP contribution is -2.47. The number of nitrogens with zero attached hydrogens (tertiary/aromatic N) is 1. The van der Waals surface area contributed by atoms with E-state index in [1.165, 1.54) is 7.11 Å². The molecule has 2 rings (SSSR count). The van der Waals surface area contributed by atoms with Gasteiger partial charge in [0.1, 0.15) is 0 Å². The lowest BCUT2D eigenvalue weighted by molar-refractivity contribution is -0.378. The highest BCUT2D eigenvalue weighted by Crippen LogP contribution is 2.19. The van der Waals surface area contributed by atoms with Crippen LogP contribution in [0.25, 0.3) is 0 Å². The minimum Gasteiger partial charge on any atom is -0.469 e. The highest BCUT2D eigenvalue weighted by atomic mass is 19.1. The first-order chi connectivity index (χ1) is 11.1. The maximum atomic E-state index is 13.3. The van der Waals surface area contributed by atoms with Gasteiger partial charge < -0.3 is 14.2 Å². The molecule has 0 aromatic heterocycles. The second-order valence-electron chi connectivity index (χ2n) is 5.75. The molecule has 23 heavy (non-hydrogen) atoms. The molecule has 0 bridgehead atoms. The van der Waals surface area contributed by atoms with Crippen molar-refractivity contribution in [3.05, 3.63) is 35.9 Å². The van der Waals surface area contributed by atoms with Gasteiger partial charge >= 0.3 is 5.97 Å². The van der Waals surface area contributed by atoms with Crippen LogP contribution in [0.2, 0.25) is 0 Å². The lowest BCUT2D eigenvalue weighted by Gasteiger charge is -2.38. The maximum absolute atomic E-state index is 13.3. The van der Waals surface area contributed by atoms with Crippen molar-refractivity contribution in [2.75, 3.05) is 26.9 Å². The molecule has 0 spiro atoms. The van der Waals surface area contributed by atoms with Gasteiger partial charge in [-0.25, -0.2) is 0 Å². The molecule has 1 aliphatic rings. The Morgan fingerprint density at radius 3 is 2.61 bits per heavy atom. The minimum absolute atomic E-state index is 0.0705. The van der Waals surface area contributed by atoms with Crippen LogP contribution < -0.4 is 0 Å². The van der Waals surface area contributed by atoms with Crippen LogP contribution in [0.5, 0.6) is 0 Å². The van der Waals surface area contributed by atoms with Gasteiger partial charge in [-0.15, -0.1) is 0 Å². The van der Waals surface area contributed by atoms with Gasteiger partial charge in [0.25, 0.3) is 0 Å². The van der Waals surface area contributed by atoms with Gasteiger partial charge in [0.15, 0.2) is 12.6 Å². The van der Waals surface area contributed by atoms with Crippen molar-refractivity contribution in [2.24, 2.45) is 5.92 Å². The van der Waals surface area contributed by atoms with Crippen molar-refractivity contribution in [3.8, 4) is 0 Å². The Balaban J connectivity index is 1.95. The average molecular weight is 325 g/mol. The second-order valence-corrected chi connectivity index (χ2v) is 5.75. The number of rotatable bonds is 9. The molecule has 1 saturated heterocycles. The van der Waals surface area contributed by atoms with Gasteiger partial charge in [0.2, 0.25) is 0 Å².